The minimum absolute atomic E-state index is 0.614. The SMILES string of the molecule is Brc1ccc(-c2nc(-c3ccnnc3)n[nH]2)cc1. The minimum atomic E-state index is 0.614. The van der Waals surface area contributed by atoms with Crippen LogP contribution in [-0.2, 0) is 0 Å². The number of nitrogens with zero attached hydrogens (tertiary/aromatic N) is 4. The van der Waals surface area contributed by atoms with E-state index in [1.54, 1.807) is 12.4 Å². The van der Waals surface area contributed by atoms with Crippen molar-refractivity contribution in [1.29, 1.82) is 0 Å². The molecule has 3 rings (SSSR count). The van der Waals surface area contributed by atoms with Crippen LogP contribution >= 0.6 is 15.9 Å². The maximum Gasteiger partial charge on any atom is 0.183 e. The average molecular weight is 302 g/mol. The number of nitrogens with one attached hydrogen (secondary N) is 1. The Labute approximate surface area is 111 Å². The predicted octanol–water partition coefficient (Wildman–Crippen LogP) is 2.69. The highest BCUT2D eigenvalue weighted by molar-refractivity contribution is 9.10. The second-order valence-corrected chi connectivity index (χ2v) is 4.56. The van der Waals surface area contributed by atoms with Crippen molar-refractivity contribution in [2.45, 2.75) is 0 Å². The lowest BCUT2D eigenvalue weighted by Gasteiger charge is -1.95. The molecule has 0 unspecified atom stereocenters. The summed E-state index contributed by atoms with van der Waals surface area (Å²) in [6.45, 7) is 0. The van der Waals surface area contributed by atoms with E-state index in [0.717, 1.165) is 21.4 Å². The quantitative estimate of drug-likeness (QED) is 0.790. The smallest absolute Gasteiger partial charge is 0.183 e. The Morgan fingerprint density at radius 1 is 0.944 bits per heavy atom. The van der Waals surface area contributed by atoms with E-state index in [1.807, 2.05) is 30.3 Å². The molecule has 0 saturated carbocycles. The molecule has 0 atom stereocenters. The molecule has 0 bridgehead atoms. The summed E-state index contributed by atoms with van der Waals surface area (Å²) in [4.78, 5) is 4.43. The summed E-state index contributed by atoms with van der Waals surface area (Å²) in [5.74, 6) is 1.34. The number of hydrogen-bond acceptors (Lipinski definition) is 4. The summed E-state index contributed by atoms with van der Waals surface area (Å²) >= 11 is 3.40. The van der Waals surface area contributed by atoms with Crippen LogP contribution in [0.3, 0.4) is 0 Å². The van der Waals surface area contributed by atoms with Crippen LogP contribution in [0, 0.1) is 0 Å². The van der Waals surface area contributed by atoms with Gasteiger partial charge in [-0.15, -0.1) is 0 Å². The molecule has 1 aromatic carbocycles. The highest BCUT2D eigenvalue weighted by Crippen LogP contribution is 2.20. The molecule has 5 nitrogen and oxygen atoms in total. The third-order valence-electron chi connectivity index (χ3n) is 2.45. The third-order valence-corrected chi connectivity index (χ3v) is 2.97. The van der Waals surface area contributed by atoms with E-state index in [1.165, 1.54) is 0 Å². The normalized spacial score (nSPS) is 10.5. The number of benzene rings is 1. The highest BCUT2D eigenvalue weighted by atomic mass is 79.9. The fraction of sp³-hybridized carbons (Fsp3) is 0. The molecule has 0 aliphatic heterocycles. The Morgan fingerprint density at radius 2 is 1.78 bits per heavy atom. The van der Waals surface area contributed by atoms with E-state index in [-0.39, 0.29) is 0 Å². The first-order valence-electron chi connectivity index (χ1n) is 5.28. The van der Waals surface area contributed by atoms with Crippen molar-refractivity contribution < 1.29 is 0 Å². The lowest BCUT2D eigenvalue weighted by Crippen LogP contribution is -1.84. The van der Waals surface area contributed by atoms with Gasteiger partial charge in [-0.25, -0.2) is 4.98 Å². The molecule has 0 aliphatic rings. The van der Waals surface area contributed by atoms with Crippen molar-refractivity contribution in [3.8, 4) is 22.8 Å². The molecular formula is C12H8BrN5. The van der Waals surface area contributed by atoms with E-state index >= 15 is 0 Å². The number of halogens is 1. The van der Waals surface area contributed by atoms with Gasteiger partial charge in [0, 0.05) is 15.6 Å². The monoisotopic (exact) mass is 301 g/mol. The second kappa shape index (κ2) is 4.66. The number of rotatable bonds is 2. The molecule has 0 fully saturated rings. The number of H-pyrrole nitrogens is 1. The zero-order valence-corrected chi connectivity index (χ0v) is 10.8. The maximum atomic E-state index is 4.43. The van der Waals surface area contributed by atoms with Gasteiger partial charge in [0.25, 0.3) is 0 Å². The molecule has 18 heavy (non-hydrogen) atoms. The van der Waals surface area contributed by atoms with Crippen LogP contribution in [0.1, 0.15) is 0 Å². The van der Waals surface area contributed by atoms with E-state index in [9.17, 15) is 0 Å². The summed E-state index contributed by atoms with van der Waals surface area (Å²) in [5, 5.41) is 14.6. The molecular weight excluding hydrogens is 294 g/mol. The van der Waals surface area contributed by atoms with Gasteiger partial charge in [-0.3, -0.25) is 5.10 Å². The second-order valence-electron chi connectivity index (χ2n) is 3.65. The van der Waals surface area contributed by atoms with Crippen molar-refractivity contribution in [1.82, 2.24) is 25.4 Å². The van der Waals surface area contributed by atoms with E-state index in [0.29, 0.717) is 5.82 Å². The van der Waals surface area contributed by atoms with Crippen LogP contribution < -0.4 is 0 Å². The highest BCUT2D eigenvalue weighted by Gasteiger charge is 2.07. The molecule has 2 heterocycles. The fourth-order valence-corrected chi connectivity index (χ4v) is 1.82. The Bertz CT molecular complexity index is 648. The standard InChI is InChI=1S/C12H8BrN5/c13-10-3-1-8(2-4-10)11-16-12(18-17-11)9-5-6-14-15-7-9/h1-7H,(H,16,17,18). The molecule has 6 heteroatoms. The first kappa shape index (κ1) is 11.0. The summed E-state index contributed by atoms with van der Waals surface area (Å²) < 4.78 is 1.03. The number of aromatic amines is 1. The molecule has 2 aromatic heterocycles. The summed E-state index contributed by atoms with van der Waals surface area (Å²) in [5.41, 5.74) is 1.82. The van der Waals surface area contributed by atoms with Crippen LogP contribution in [0.5, 0.6) is 0 Å². The van der Waals surface area contributed by atoms with Crippen LogP contribution in [0.2, 0.25) is 0 Å². The van der Waals surface area contributed by atoms with Gasteiger partial charge in [0.15, 0.2) is 11.6 Å². The molecule has 0 aliphatic carbocycles. The molecule has 1 N–H and O–H groups in total. The Balaban J connectivity index is 1.97. The molecule has 0 amide bonds. The van der Waals surface area contributed by atoms with Crippen molar-refractivity contribution in [2.24, 2.45) is 0 Å². The maximum absolute atomic E-state index is 4.43. The Morgan fingerprint density at radius 3 is 2.50 bits per heavy atom. The summed E-state index contributed by atoms with van der Waals surface area (Å²) in [7, 11) is 0. The number of hydrogen-bond donors (Lipinski definition) is 1. The van der Waals surface area contributed by atoms with E-state index in [4.69, 9.17) is 0 Å². The van der Waals surface area contributed by atoms with Crippen molar-refractivity contribution in [3.05, 3.63) is 47.2 Å². The zero-order valence-electron chi connectivity index (χ0n) is 9.21. The van der Waals surface area contributed by atoms with Crippen molar-refractivity contribution in [2.75, 3.05) is 0 Å². The minimum Gasteiger partial charge on any atom is -0.259 e. The molecule has 0 spiro atoms. The first-order chi connectivity index (χ1) is 8.83. The van der Waals surface area contributed by atoms with Crippen LogP contribution in [-0.4, -0.2) is 25.4 Å². The van der Waals surface area contributed by atoms with Crippen LogP contribution in [0.25, 0.3) is 22.8 Å². The largest absolute Gasteiger partial charge is 0.259 e. The number of aromatic nitrogens is 5. The summed E-state index contributed by atoms with van der Waals surface area (Å²) in [6, 6.07) is 9.69. The van der Waals surface area contributed by atoms with Gasteiger partial charge in [0.1, 0.15) is 0 Å². The summed E-state index contributed by atoms with van der Waals surface area (Å²) in [6.07, 6.45) is 3.25. The van der Waals surface area contributed by atoms with Gasteiger partial charge >= 0.3 is 0 Å². The first-order valence-corrected chi connectivity index (χ1v) is 6.07. The topological polar surface area (TPSA) is 67.3 Å². The fourth-order valence-electron chi connectivity index (χ4n) is 1.55. The van der Waals surface area contributed by atoms with Gasteiger partial charge in [-0.2, -0.15) is 15.3 Å². The van der Waals surface area contributed by atoms with Gasteiger partial charge in [-0.1, -0.05) is 28.1 Å². The molecule has 88 valence electrons. The third kappa shape index (κ3) is 2.14. The van der Waals surface area contributed by atoms with Gasteiger partial charge in [0.05, 0.1) is 12.4 Å². The van der Waals surface area contributed by atoms with Gasteiger partial charge < -0.3 is 0 Å². The van der Waals surface area contributed by atoms with E-state index in [2.05, 4.69) is 41.3 Å². The van der Waals surface area contributed by atoms with Crippen LogP contribution in [0.4, 0.5) is 0 Å². The average Bonchev–Trinajstić information content (AvgIpc) is 2.90. The molecule has 3 aromatic rings. The molecule has 0 saturated heterocycles. The van der Waals surface area contributed by atoms with Crippen molar-refractivity contribution in [3.63, 3.8) is 0 Å². The lowest BCUT2D eigenvalue weighted by atomic mass is 10.2. The van der Waals surface area contributed by atoms with Crippen molar-refractivity contribution >= 4 is 15.9 Å². The molecule has 0 radical (unpaired) electrons. The van der Waals surface area contributed by atoms with Crippen LogP contribution in [0.15, 0.2) is 47.2 Å². The van der Waals surface area contributed by atoms with Gasteiger partial charge in [-0.05, 0) is 18.2 Å². The predicted molar refractivity (Wildman–Crippen MR) is 70.5 cm³/mol. The lowest BCUT2D eigenvalue weighted by molar-refractivity contribution is 1.02. The van der Waals surface area contributed by atoms with E-state index < -0.39 is 0 Å². The van der Waals surface area contributed by atoms with Gasteiger partial charge in [0.2, 0.25) is 0 Å². The Kier molecular flexibility index (Phi) is 2.85. The Hall–Kier alpha value is -2.08. The zero-order chi connectivity index (χ0) is 12.4.